The molecule has 2 rings (SSSR count). The average Bonchev–Trinajstić information content (AvgIpc) is 2.68. The van der Waals surface area contributed by atoms with Gasteiger partial charge in [-0.05, 0) is 38.0 Å². The van der Waals surface area contributed by atoms with E-state index in [0.717, 1.165) is 40.1 Å². The first-order chi connectivity index (χ1) is 9.56. The number of thiophene rings is 1. The van der Waals surface area contributed by atoms with E-state index in [1.54, 1.807) is 15.9 Å². The molecule has 0 saturated heterocycles. The summed E-state index contributed by atoms with van der Waals surface area (Å²) in [7, 11) is 0. The zero-order valence-corrected chi connectivity index (χ0v) is 13.7. The normalized spacial score (nSPS) is 11.3. The second kappa shape index (κ2) is 6.65. The lowest BCUT2D eigenvalue weighted by molar-refractivity contribution is 0.122. The number of H-pyrrole nitrogens is 1. The standard InChI is InChI=1S/C14H20N2O2S2/c1-4-5-7-18-8-6-16-13(17)11-9(2)10(3)20-12(11)15-14(16)19/h4-8H2,1-3H3,(H,15,19). The number of rotatable bonds is 6. The molecule has 0 aliphatic rings. The Bertz CT molecular complexity index is 712. The Labute approximate surface area is 127 Å². The molecule has 2 aromatic heterocycles. The van der Waals surface area contributed by atoms with Crippen LogP contribution in [0.25, 0.3) is 10.2 Å². The topological polar surface area (TPSA) is 47.0 Å². The molecule has 2 aromatic rings. The molecule has 0 aliphatic heterocycles. The maximum absolute atomic E-state index is 12.5. The van der Waals surface area contributed by atoms with Crippen LogP contribution in [-0.4, -0.2) is 22.8 Å². The van der Waals surface area contributed by atoms with Gasteiger partial charge in [-0.15, -0.1) is 11.3 Å². The molecule has 0 saturated carbocycles. The third-order valence-electron chi connectivity index (χ3n) is 3.41. The van der Waals surface area contributed by atoms with Gasteiger partial charge >= 0.3 is 0 Å². The lowest BCUT2D eigenvalue weighted by Crippen LogP contribution is -2.24. The summed E-state index contributed by atoms with van der Waals surface area (Å²) in [6.07, 6.45) is 2.16. The second-order valence-electron chi connectivity index (χ2n) is 4.84. The summed E-state index contributed by atoms with van der Waals surface area (Å²) < 4.78 is 7.59. The molecule has 20 heavy (non-hydrogen) atoms. The van der Waals surface area contributed by atoms with E-state index in [2.05, 4.69) is 11.9 Å². The highest BCUT2D eigenvalue weighted by atomic mass is 32.1. The third-order valence-corrected chi connectivity index (χ3v) is 4.86. The quantitative estimate of drug-likeness (QED) is 0.655. The zero-order valence-electron chi connectivity index (χ0n) is 12.1. The number of aromatic nitrogens is 2. The van der Waals surface area contributed by atoms with Crippen LogP contribution in [0.2, 0.25) is 0 Å². The molecule has 1 N–H and O–H groups in total. The largest absolute Gasteiger partial charge is 0.380 e. The van der Waals surface area contributed by atoms with Crippen LogP contribution < -0.4 is 5.56 Å². The summed E-state index contributed by atoms with van der Waals surface area (Å²) >= 11 is 6.86. The molecule has 4 nitrogen and oxygen atoms in total. The van der Waals surface area contributed by atoms with Gasteiger partial charge in [-0.1, -0.05) is 13.3 Å². The third kappa shape index (κ3) is 3.02. The van der Waals surface area contributed by atoms with Gasteiger partial charge in [-0.3, -0.25) is 9.36 Å². The van der Waals surface area contributed by atoms with Gasteiger partial charge in [0, 0.05) is 11.5 Å². The molecule has 0 amide bonds. The second-order valence-corrected chi connectivity index (χ2v) is 6.45. The summed E-state index contributed by atoms with van der Waals surface area (Å²) in [6.45, 7) is 7.89. The van der Waals surface area contributed by atoms with Crippen LogP contribution in [-0.2, 0) is 11.3 Å². The number of nitrogens with zero attached hydrogens (tertiary/aromatic N) is 1. The van der Waals surface area contributed by atoms with Crippen LogP contribution in [0.15, 0.2) is 4.79 Å². The van der Waals surface area contributed by atoms with E-state index in [9.17, 15) is 4.79 Å². The van der Waals surface area contributed by atoms with Gasteiger partial charge in [0.05, 0.1) is 18.5 Å². The van der Waals surface area contributed by atoms with E-state index in [1.165, 1.54) is 0 Å². The minimum Gasteiger partial charge on any atom is -0.380 e. The van der Waals surface area contributed by atoms with Gasteiger partial charge < -0.3 is 9.72 Å². The SMILES string of the molecule is CCCCOCCn1c(=S)[nH]c2sc(C)c(C)c2c1=O. The first-order valence-electron chi connectivity index (χ1n) is 6.86. The number of hydrogen-bond donors (Lipinski definition) is 1. The Morgan fingerprint density at radius 1 is 1.35 bits per heavy atom. The van der Waals surface area contributed by atoms with Crippen molar-refractivity contribution in [3.63, 3.8) is 0 Å². The van der Waals surface area contributed by atoms with E-state index < -0.39 is 0 Å². The van der Waals surface area contributed by atoms with Crippen molar-refractivity contribution >= 4 is 33.8 Å². The van der Waals surface area contributed by atoms with Crippen LogP contribution in [0, 0.1) is 18.6 Å². The zero-order chi connectivity index (χ0) is 14.7. The summed E-state index contributed by atoms with van der Waals surface area (Å²) in [4.78, 5) is 17.7. The fourth-order valence-corrected chi connectivity index (χ4v) is 3.46. The van der Waals surface area contributed by atoms with Crippen LogP contribution in [0.5, 0.6) is 0 Å². The number of ether oxygens (including phenoxy) is 1. The van der Waals surface area contributed by atoms with Crippen LogP contribution in [0.4, 0.5) is 0 Å². The Kier molecular flexibility index (Phi) is 5.12. The molecule has 0 aliphatic carbocycles. The molecule has 0 fully saturated rings. The van der Waals surface area contributed by atoms with Gasteiger partial charge in [0.1, 0.15) is 4.83 Å². The molecule has 110 valence electrons. The highest BCUT2D eigenvalue weighted by Gasteiger charge is 2.12. The summed E-state index contributed by atoms with van der Waals surface area (Å²) in [6, 6.07) is 0. The van der Waals surface area contributed by atoms with Gasteiger partial charge in [0.2, 0.25) is 0 Å². The highest BCUT2D eigenvalue weighted by molar-refractivity contribution is 7.71. The van der Waals surface area contributed by atoms with Crippen LogP contribution in [0.3, 0.4) is 0 Å². The summed E-state index contributed by atoms with van der Waals surface area (Å²) in [5, 5.41) is 0.759. The Morgan fingerprint density at radius 3 is 2.80 bits per heavy atom. The number of aryl methyl sites for hydroxylation is 2. The van der Waals surface area contributed by atoms with E-state index in [0.29, 0.717) is 17.9 Å². The smallest absolute Gasteiger partial charge is 0.263 e. The molecule has 0 radical (unpaired) electrons. The predicted molar refractivity (Wildman–Crippen MR) is 86.5 cm³/mol. The minimum absolute atomic E-state index is 0.00954. The molecule has 0 spiro atoms. The van der Waals surface area contributed by atoms with Crippen molar-refractivity contribution in [3.8, 4) is 0 Å². The number of aromatic amines is 1. The maximum atomic E-state index is 12.5. The molecule has 0 atom stereocenters. The number of nitrogens with one attached hydrogen (secondary N) is 1. The molecule has 0 unspecified atom stereocenters. The van der Waals surface area contributed by atoms with Crippen molar-refractivity contribution in [2.24, 2.45) is 0 Å². The Hall–Kier alpha value is -0.980. The van der Waals surface area contributed by atoms with E-state index >= 15 is 0 Å². The number of unbranched alkanes of at least 4 members (excludes halogenated alkanes) is 1. The van der Waals surface area contributed by atoms with Crippen molar-refractivity contribution in [1.29, 1.82) is 0 Å². The van der Waals surface area contributed by atoms with E-state index in [4.69, 9.17) is 17.0 Å². The highest BCUT2D eigenvalue weighted by Crippen LogP contribution is 2.25. The lowest BCUT2D eigenvalue weighted by Gasteiger charge is -2.07. The van der Waals surface area contributed by atoms with Crippen LogP contribution >= 0.6 is 23.6 Å². The van der Waals surface area contributed by atoms with Gasteiger partial charge in [0.25, 0.3) is 5.56 Å². The molecule has 0 bridgehead atoms. The number of fused-ring (bicyclic) bond motifs is 1. The van der Waals surface area contributed by atoms with Gasteiger partial charge in [-0.2, -0.15) is 0 Å². The van der Waals surface area contributed by atoms with Gasteiger partial charge in [-0.25, -0.2) is 0 Å². The van der Waals surface area contributed by atoms with Crippen molar-refractivity contribution in [3.05, 3.63) is 25.6 Å². The summed E-state index contributed by atoms with van der Waals surface area (Å²) in [5.74, 6) is 0. The van der Waals surface area contributed by atoms with Crippen molar-refractivity contribution in [1.82, 2.24) is 9.55 Å². The fraction of sp³-hybridized carbons (Fsp3) is 0.571. The molecule has 6 heteroatoms. The van der Waals surface area contributed by atoms with Crippen molar-refractivity contribution < 1.29 is 4.74 Å². The maximum Gasteiger partial charge on any atom is 0.263 e. The van der Waals surface area contributed by atoms with E-state index in [-0.39, 0.29) is 5.56 Å². The first kappa shape index (κ1) is 15.4. The Morgan fingerprint density at radius 2 is 2.10 bits per heavy atom. The van der Waals surface area contributed by atoms with E-state index in [1.807, 2.05) is 13.8 Å². The average molecular weight is 312 g/mol. The number of hydrogen-bond acceptors (Lipinski definition) is 4. The predicted octanol–water partition coefficient (Wildman–Crippen LogP) is 3.55. The molecular weight excluding hydrogens is 292 g/mol. The monoisotopic (exact) mass is 312 g/mol. The lowest BCUT2D eigenvalue weighted by atomic mass is 10.2. The molecular formula is C14H20N2O2S2. The Balaban J connectivity index is 2.27. The van der Waals surface area contributed by atoms with Crippen molar-refractivity contribution in [2.45, 2.75) is 40.2 Å². The summed E-state index contributed by atoms with van der Waals surface area (Å²) in [5.41, 5.74) is 1.03. The minimum atomic E-state index is -0.00954. The molecule has 0 aromatic carbocycles. The molecule has 2 heterocycles. The first-order valence-corrected chi connectivity index (χ1v) is 8.09. The van der Waals surface area contributed by atoms with Crippen molar-refractivity contribution in [2.75, 3.05) is 13.2 Å². The van der Waals surface area contributed by atoms with Crippen LogP contribution in [0.1, 0.15) is 30.2 Å². The van der Waals surface area contributed by atoms with Gasteiger partial charge in [0.15, 0.2) is 4.77 Å². The fourth-order valence-electron chi connectivity index (χ4n) is 2.07.